The van der Waals surface area contributed by atoms with Gasteiger partial charge in [-0.25, -0.2) is 0 Å². The Kier molecular flexibility index (Phi) is 19.8. The molecule has 0 aliphatic carbocycles. The Bertz CT molecular complexity index is 2320. The predicted octanol–water partition coefficient (Wildman–Crippen LogP) is 5.38. The van der Waals surface area contributed by atoms with Crippen molar-refractivity contribution in [3.63, 3.8) is 0 Å². The molecule has 0 unspecified atom stereocenters. The first-order valence-electron chi connectivity index (χ1n) is 24.5. The SMILES string of the molecule is CO[C@@H]1O[C@H](COCc2ccccc2)[C@@H](O[C@@H]2O[C@H](COCc3ccccc3)[C@H](O)[C@H](O)[C@H]2O)[C@H](O[C@@H]2O[C@@H](C)[C@@H](OCc3ccccc3)[C@@H](OCc3ccccc3)[C@@H]2OCc2ccccc2)[C@H]1NC(C)=O. The number of methoxy groups -OCH3 is 1. The van der Waals surface area contributed by atoms with E-state index in [1.54, 1.807) is 0 Å². The van der Waals surface area contributed by atoms with E-state index in [1.807, 2.05) is 159 Å². The summed E-state index contributed by atoms with van der Waals surface area (Å²) in [6.07, 6.45) is -16.8. The average Bonchev–Trinajstić information content (AvgIpc) is 3.40. The Morgan fingerprint density at radius 3 is 1.36 bits per heavy atom. The topological polar surface area (TPSA) is 191 Å². The van der Waals surface area contributed by atoms with Gasteiger partial charge in [0.2, 0.25) is 5.91 Å². The van der Waals surface area contributed by atoms with Crippen molar-refractivity contribution in [3.05, 3.63) is 179 Å². The first kappa shape index (κ1) is 53.3. The molecule has 72 heavy (non-hydrogen) atoms. The zero-order chi connectivity index (χ0) is 50.2. The molecule has 3 fully saturated rings. The number of nitrogens with one attached hydrogen (secondary N) is 1. The van der Waals surface area contributed by atoms with E-state index in [-0.39, 0.29) is 46.2 Å². The van der Waals surface area contributed by atoms with Gasteiger partial charge in [0.15, 0.2) is 18.9 Å². The molecule has 1 amide bonds. The quantitative estimate of drug-likeness (QED) is 0.0653. The molecule has 0 saturated carbocycles. The smallest absolute Gasteiger partial charge is 0.217 e. The van der Waals surface area contributed by atoms with E-state index in [1.165, 1.54) is 14.0 Å². The van der Waals surface area contributed by atoms with Crippen LogP contribution in [-0.4, -0.2) is 134 Å². The van der Waals surface area contributed by atoms with Crippen LogP contribution in [0.2, 0.25) is 0 Å². The van der Waals surface area contributed by atoms with E-state index in [9.17, 15) is 20.1 Å². The van der Waals surface area contributed by atoms with Crippen LogP contribution in [0.1, 0.15) is 41.7 Å². The number of rotatable bonds is 23. The lowest BCUT2D eigenvalue weighted by atomic mass is 9.94. The number of carbonyl (C=O) groups is 1. The van der Waals surface area contributed by atoms with Crippen LogP contribution >= 0.6 is 0 Å². The van der Waals surface area contributed by atoms with Crippen molar-refractivity contribution in [1.29, 1.82) is 0 Å². The minimum Gasteiger partial charge on any atom is -0.387 e. The number of carbonyl (C=O) groups excluding carboxylic acids is 1. The summed E-state index contributed by atoms with van der Waals surface area (Å²) in [4.78, 5) is 13.2. The lowest BCUT2D eigenvalue weighted by Crippen LogP contribution is -2.70. The third-order valence-corrected chi connectivity index (χ3v) is 12.9. The molecule has 15 atom stereocenters. The molecule has 5 aromatic carbocycles. The van der Waals surface area contributed by atoms with Crippen molar-refractivity contribution >= 4 is 5.91 Å². The summed E-state index contributed by atoms with van der Waals surface area (Å²) in [5.74, 6) is -0.437. The van der Waals surface area contributed by atoms with Crippen LogP contribution < -0.4 is 5.32 Å². The Morgan fingerprint density at radius 2 is 0.889 bits per heavy atom. The molecule has 5 aromatic rings. The van der Waals surface area contributed by atoms with Gasteiger partial charge < -0.3 is 72.7 Å². The van der Waals surface area contributed by atoms with Crippen LogP contribution in [0, 0.1) is 0 Å². The van der Waals surface area contributed by atoms with Crippen LogP contribution in [0.5, 0.6) is 0 Å². The molecule has 0 bridgehead atoms. The molecule has 3 aliphatic rings. The van der Waals surface area contributed by atoms with Crippen molar-refractivity contribution in [2.75, 3.05) is 20.3 Å². The normalized spacial score (nSPS) is 30.7. The lowest BCUT2D eigenvalue weighted by Gasteiger charge is -2.51. The molecule has 16 nitrogen and oxygen atoms in total. The van der Waals surface area contributed by atoms with E-state index in [0.29, 0.717) is 0 Å². The molecule has 3 aliphatic heterocycles. The van der Waals surface area contributed by atoms with Gasteiger partial charge in [-0.15, -0.1) is 0 Å². The van der Waals surface area contributed by atoms with Gasteiger partial charge in [-0.3, -0.25) is 4.79 Å². The summed E-state index contributed by atoms with van der Waals surface area (Å²) < 4.78 is 72.3. The highest BCUT2D eigenvalue weighted by Crippen LogP contribution is 2.37. The third kappa shape index (κ3) is 14.4. The van der Waals surface area contributed by atoms with Crippen LogP contribution in [0.25, 0.3) is 0 Å². The number of amides is 1. The molecular formula is C56H67NO15. The number of hydrogen-bond donors (Lipinski definition) is 4. The molecule has 0 radical (unpaired) electrons. The van der Waals surface area contributed by atoms with E-state index >= 15 is 0 Å². The molecule has 16 heteroatoms. The van der Waals surface area contributed by atoms with E-state index in [0.717, 1.165) is 27.8 Å². The molecular weight excluding hydrogens is 927 g/mol. The van der Waals surface area contributed by atoms with Gasteiger partial charge in [0.1, 0.15) is 67.1 Å². The first-order valence-corrected chi connectivity index (χ1v) is 24.5. The summed E-state index contributed by atoms with van der Waals surface area (Å²) >= 11 is 0. The maximum atomic E-state index is 13.2. The molecule has 0 spiro atoms. The average molecular weight is 994 g/mol. The second kappa shape index (κ2) is 26.8. The maximum Gasteiger partial charge on any atom is 0.217 e. The van der Waals surface area contributed by atoms with Gasteiger partial charge >= 0.3 is 0 Å². The Hall–Kier alpha value is -4.99. The fraction of sp³-hybridized carbons (Fsp3) is 0.446. The van der Waals surface area contributed by atoms with E-state index in [2.05, 4.69) is 5.32 Å². The van der Waals surface area contributed by atoms with Crippen molar-refractivity contribution in [2.24, 2.45) is 0 Å². The monoisotopic (exact) mass is 993 g/mol. The molecule has 4 N–H and O–H groups in total. The lowest BCUT2D eigenvalue weighted by molar-refractivity contribution is -0.378. The highest BCUT2D eigenvalue weighted by Gasteiger charge is 2.56. The van der Waals surface area contributed by atoms with Crippen molar-refractivity contribution < 1.29 is 72.2 Å². The van der Waals surface area contributed by atoms with E-state index < -0.39 is 98.0 Å². The predicted molar refractivity (Wildman–Crippen MR) is 261 cm³/mol. The minimum atomic E-state index is -1.76. The molecule has 8 rings (SSSR count). The summed E-state index contributed by atoms with van der Waals surface area (Å²) in [7, 11) is 1.44. The van der Waals surface area contributed by atoms with Gasteiger partial charge in [-0.2, -0.15) is 0 Å². The highest BCUT2D eigenvalue weighted by atomic mass is 16.8. The Balaban J connectivity index is 1.14. The van der Waals surface area contributed by atoms with Crippen LogP contribution in [0.3, 0.4) is 0 Å². The second-order valence-corrected chi connectivity index (χ2v) is 18.2. The molecule has 0 aromatic heterocycles. The van der Waals surface area contributed by atoms with Crippen LogP contribution in [0.4, 0.5) is 0 Å². The summed E-state index contributed by atoms with van der Waals surface area (Å²) in [5, 5.41) is 37.1. The first-order chi connectivity index (χ1) is 35.1. The van der Waals surface area contributed by atoms with Gasteiger partial charge in [0, 0.05) is 14.0 Å². The molecule has 386 valence electrons. The van der Waals surface area contributed by atoms with Crippen molar-refractivity contribution in [2.45, 2.75) is 139 Å². The van der Waals surface area contributed by atoms with Crippen LogP contribution in [0.15, 0.2) is 152 Å². The fourth-order valence-corrected chi connectivity index (χ4v) is 9.14. The summed E-state index contributed by atoms with van der Waals surface area (Å²) in [6, 6.07) is 47.2. The van der Waals surface area contributed by atoms with Gasteiger partial charge in [-0.05, 0) is 34.7 Å². The maximum absolute atomic E-state index is 13.2. The Labute approximate surface area is 420 Å². The number of aliphatic hydroxyl groups excluding tert-OH is 3. The third-order valence-electron chi connectivity index (χ3n) is 12.9. The largest absolute Gasteiger partial charge is 0.387 e. The number of hydrogen-bond acceptors (Lipinski definition) is 15. The van der Waals surface area contributed by atoms with Gasteiger partial charge in [-0.1, -0.05) is 152 Å². The van der Waals surface area contributed by atoms with Gasteiger partial charge in [0.25, 0.3) is 0 Å². The molecule has 3 saturated heterocycles. The highest BCUT2D eigenvalue weighted by molar-refractivity contribution is 5.73. The number of benzene rings is 5. The minimum absolute atomic E-state index is 0.0994. The van der Waals surface area contributed by atoms with Gasteiger partial charge in [0.05, 0.1) is 52.4 Å². The van der Waals surface area contributed by atoms with Crippen molar-refractivity contribution in [1.82, 2.24) is 5.32 Å². The molecule has 3 heterocycles. The number of aliphatic hydroxyl groups is 3. The van der Waals surface area contributed by atoms with E-state index in [4.69, 9.17) is 52.1 Å². The van der Waals surface area contributed by atoms with Crippen LogP contribution in [-0.2, 0) is 89.9 Å². The number of ether oxygens (including phenoxy) is 11. The fourth-order valence-electron chi connectivity index (χ4n) is 9.14. The summed E-state index contributed by atoms with van der Waals surface area (Å²) in [5.41, 5.74) is 4.53. The Morgan fingerprint density at radius 1 is 0.472 bits per heavy atom. The zero-order valence-corrected chi connectivity index (χ0v) is 40.8. The second-order valence-electron chi connectivity index (χ2n) is 18.2. The zero-order valence-electron chi connectivity index (χ0n) is 40.8. The standard InChI is InChI=1S/C56H67NO15/c1-36-49(65-31-40-23-13-6-14-24-40)52(66-32-41-25-15-7-16-26-41)53(67-33-42-27-17-8-18-28-42)56(68-36)72-51-45(57-37(2)58)54(62-3)70-44(35-64-30-39-21-11-5-12-22-39)50(51)71-55-48(61)47(60)46(59)43(69-55)34-63-29-38-19-9-4-10-20-38/h4-28,36,43-56,59-61H,29-35H2,1-3H3,(H,57,58)/t36-,43+,44+,45+,46-,47-,48+,49+,50+,51+,52+,53-,54+,55-,56-/m0/s1. The summed E-state index contributed by atoms with van der Waals surface area (Å²) in [6.45, 7) is 3.96. The van der Waals surface area contributed by atoms with Crippen molar-refractivity contribution in [3.8, 4) is 0 Å².